The minimum absolute atomic E-state index is 0.194. The minimum Gasteiger partial charge on any atom is -0.354 e. The van der Waals surface area contributed by atoms with Crippen LogP contribution in [0, 0.1) is 11.6 Å². The highest BCUT2D eigenvalue weighted by Gasteiger charge is 2.16. The van der Waals surface area contributed by atoms with Crippen molar-refractivity contribution in [3.8, 4) is 0 Å². The molecule has 26 heavy (non-hydrogen) atoms. The number of amides is 1. The minimum atomic E-state index is -0.948. The zero-order valence-electron chi connectivity index (χ0n) is 14.1. The Morgan fingerprint density at radius 3 is 2.46 bits per heavy atom. The van der Waals surface area contributed by atoms with Crippen molar-refractivity contribution >= 4 is 23.0 Å². The fourth-order valence-electron chi connectivity index (χ4n) is 2.57. The van der Waals surface area contributed by atoms with Gasteiger partial charge in [0.15, 0.2) is 11.6 Å². The average Bonchev–Trinajstić information content (AvgIpc) is 2.66. The third kappa shape index (κ3) is 3.85. The number of rotatable bonds is 5. The van der Waals surface area contributed by atoms with Crippen LogP contribution in [0.25, 0.3) is 0 Å². The molecule has 1 amide bonds. The first kappa shape index (κ1) is 17.5. The SMILES string of the molecule is CCN(C(=O)c1cncc(Nc2ccc(F)c(F)c2)c1)c1ccccc1. The molecular formula is C20H17F2N3O. The molecule has 0 aliphatic rings. The molecule has 132 valence electrons. The second-order valence-electron chi connectivity index (χ2n) is 5.60. The summed E-state index contributed by atoms with van der Waals surface area (Å²) in [6.07, 6.45) is 2.99. The Bertz CT molecular complexity index is 916. The molecule has 0 fully saturated rings. The van der Waals surface area contributed by atoms with Gasteiger partial charge in [0.05, 0.1) is 17.4 Å². The highest BCUT2D eigenvalue weighted by atomic mass is 19.2. The third-order valence-corrected chi connectivity index (χ3v) is 3.82. The number of anilines is 3. The van der Waals surface area contributed by atoms with Gasteiger partial charge in [0.1, 0.15) is 0 Å². The number of carbonyl (C=O) groups is 1. The monoisotopic (exact) mass is 353 g/mol. The van der Waals surface area contributed by atoms with Crippen molar-refractivity contribution in [1.29, 1.82) is 0 Å². The summed E-state index contributed by atoms with van der Waals surface area (Å²) in [5.74, 6) is -2.06. The van der Waals surface area contributed by atoms with E-state index in [2.05, 4.69) is 10.3 Å². The van der Waals surface area contributed by atoms with Crippen LogP contribution in [-0.4, -0.2) is 17.4 Å². The Hall–Kier alpha value is -3.28. The van der Waals surface area contributed by atoms with Crippen molar-refractivity contribution in [3.05, 3.63) is 84.2 Å². The summed E-state index contributed by atoms with van der Waals surface area (Å²) in [4.78, 5) is 18.5. The molecule has 0 unspecified atom stereocenters. The van der Waals surface area contributed by atoms with Gasteiger partial charge in [-0.1, -0.05) is 18.2 Å². The Labute approximate surface area is 150 Å². The van der Waals surface area contributed by atoms with Gasteiger partial charge in [0, 0.05) is 30.2 Å². The molecule has 1 heterocycles. The molecule has 3 rings (SSSR count). The number of hydrogen-bond donors (Lipinski definition) is 1. The maximum Gasteiger partial charge on any atom is 0.259 e. The maximum absolute atomic E-state index is 13.3. The Balaban J connectivity index is 1.84. The van der Waals surface area contributed by atoms with E-state index in [0.29, 0.717) is 23.5 Å². The summed E-state index contributed by atoms with van der Waals surface area (Å²) < 4.78 is 26.4. The summed E-state index contributed by atoms with van der Waals surface area (Å²) in [7, 11) is 0. The Kier molecular flexibility index (Phi) is 5.22. The van der Waals surface area contributed by atoms with Gasteiger partial charge in [0.25, 0.3) is 5.91 Å². The summed E-state index contributed by atoms with van der Waals surface area (Å²) in [5.41, 5.74) is 2.05. The van der Waals surface area contributed by atoms with Crippen molar-refractivity contribution < 1.29 is 13.6 Å². The maximum atomic E-state index is 13.3. The van der Waals surface area contributed by atoms with Crippen LogP contribution >= 0.6 is 0 Å². The van der Waals surface area contributed by atoms with Crippen LogP contribution in [0.1, 0.15) is 17.3 Å². The molecule has 0 aliphatic heterocycles. The molecule has 0 atom stereocenters. The highest BCUT2D eigenvalue weighted by molar-refractivity contribution is 6.06. The first-order valence-electron chi connectivity index (χ1n) is 8.12. The number of pyridine rings is 1. The van der Waals surface area contributed by atoms with E-state index in [1.165, 1.54) is 18.5 Å². The normalized spacial score (nSPS) is 10.4. The molecular weight excluding hydrogens is 336 g/mol. The number of nitrogens with one attached hydrogen (secondary N) is 1. The van der Waals surface area contributed by atoms with E-state index in [-0.39, 0.29) is 5.91 Å². The number of benzene rings is 2. The second-order valence-corrected chi connectivity index (χ2v) is 5.60. The number of halogens is 2. The largest absolute Gasteiger partial charge is 0.354 e. The van der Waals surface area contributed by atoms with Crippen molar-refractivity contribution in [2.24, 2.45) is 0 Å². The summed E-state index contributed by atoms with van der Waals surface area (Å²) in [5, 5.41) is 2.92. The lowest BCUT2D eigenvalue weighted by molar-refractivity contribution is 0.0988. The summed E-state index contributed by atoms with van der Waals surface area (Å²) >= 11 is 0. The smallest absolute Gasteiger partial charge is 0.259 e. The zero-order chi connectivity index (χ0) is 18.5. The van der Waals surface area contributed by atoms with E-state index in [1.54, 1.807) is 11.0 Å². The predicted octanol–water partition coefficient (Wildman–Crippen LogP) is 4.77. The fraction of sp³-hybridized carbons (Fsp3) is 0.100. The van der Waals surface area contributed by atoms with E-state index in [4.69, 9.17) is 0 Å². The number of aromatic nitrogens is 1. The quantitative estimate of drug-likeness (QED) is 0.719. The van der Waals surface area contributed by atoms with E-state index >= 15 is 0 Å². The van der Waals surface area contributed by atoms with Crippen LogP contribution in [0.15, 0.2) is 67.0 Å². The van der Waals surface area contributed by atoms with Gasteiger partial charge in [-0.15, -0.1) is 0 Å². The molecule has 3 aromatic rings. The second kappa shape index (κ2) is 7.74. The molecule has 2 aromatic carbocycles. The highest BCUT2D eigenvalue weighted by Crippen LogP contribution is 2.21. The van der Waals surface area contributed by atoms with Gasteiger partial charge in [-0.3, -0.25) is 9.78 Å². The molecule has 0 saturated carbocycles. The number of para-hydroxylation sites is 1. The van der Waals surface area contributed by atoms with Crippen molar-refractivity contribution in [2.45, 2.75) is 6.92 Å². The molecule has 0 radical (unpaired) electrons. The molecule has 0 aliphatic carbocycles. The van der Waals surface area contributed by atoms with Crippen molar-refractivity contribution in [1.82, 2.24) is 4.98 Å². The van der Waals surface area contributed by atoms with Crippen LogP contribution in [0.3, 0.4) is 0 Å². The lowest BCUT2D eigenvalue weighted by Gasteiger charge is -2.21. The molecule has 1 N–H and O–H groups in total. The van der Waals surface area contributed by atoms with Crippen molar-refractivity contribution in [3.63, 3.8) is 0 Å². The zero-order valence-corrected chi connectivity index (χ0v) is 14.1. The van der Waals surface area contributed by atoms with Crippen LogP contribution < -0.4 is 10.2 Å². The van der Waals surface area contributed by atoms with Gasteiger partial charge >= 0.3 is 0 Å². The van der Waals surface area contributed by atoms with E-state index in [0.717, 1.165) is 17.8 Å². The van der Waals surface area contributed by atoms with Crippen LogP contribution in [0.2, 0.25) is 0 Å². The third-order valence-electron chi connectivity index (χ3n) is 3.82. The topological polar surface area (TPSA) is 45.2 Å². The standard InChI is InChI=1S/C20H17F2N3O/c1-2-25(17-6-4-3-5-7-17)20(26)14-10-16(13-23-12-14)24-15-8-9-18(21)19(22)11-15/h3-13,24H,2H2,1H3. The van der Waals surface area contributed by atoms with Crippen LogP contribution in [-0.2, 0) is 0 Å². The number of carbonyl (C=O) groups excluding carboxylic acids is 1. The first-order chi connectivity index (χ1) is 12.6. The Morgan fingerprint density at radius 2 is 1.77 bits per heavy atom. The van der Waals surface area contributed by atoms with Gasteiger partial charge in [-0.25, -0.2) is 8.78 Å². The van der Waals surface area contributed by atoms with E-state index in [9.17, 15) is 13.6 Å². The lowest BCUT2D eigenvalue weighted by Crippen LogP contribution is -2.30. The van der Waals surface area contributed by atoms with Crippen molar-refractivity contribution in [2.75, 3.05) is 16.8 Å². The lowest BCUT2D eigenvalue weighted by atomic mass is 10.2. The Morgan fingerprint density at radius 1 is 1.00 bits per heavy atom. The van der Waals surface area contributed by atoms with Crippen LogP contribution in [0.5, 0.6) is 0 Å². The molecule has 4 nitrogen and oxygen atoms in total. The average molecular weight is 353 g/mol. The van der Waals surface area contributed by atoms with Gasteiger partial charge < -0.3 is 10.2 Å². The predicted molar refractivity (Wildman–Crippen MR) is 97.7 cm³/mol. The fourth-order valence-corrected chi connectivity index (χ4v) is 2.57. The number of hydrogen-bond acceptors (Lipinski definition) is 3. The molecule has 0 spiro atoms. The van der Waals surface area contributed by atoms with Gasteiger partial charge in [0.2, 0.25) is 0 Å². The van der Waals surface area contributed by atoms with Gasteiger partial charge in [-0.05, 0) is 37.3 Å². The molecule has 0 saturated heterocycles. The van der Waals surface area contributed by atoms with Gasteiger partial charge in [-0.2, -0.15) is 0 Å². The summed E-state index contributed by atoms with van der Waals surface area (Å²) in [6.45, 7) is 2.39. The van der Waals surface area contributed by atoms with E-state index < -0.39 is 11.6 Å². The number of nitrogens with zero attached hydrogens (tertiary/aromatic N) is 2. The molecule has 6 heteroatoms. The molecule has 1 aromatic heterocycles. The summed E-state index contributed by atoms with van der Waals surface area (Å²) in [6, 6.07) is 14.5. The first-order valence-corrected chi connectivity index (χ1v) is 8.12. The van der Waals surface area contributed by atoms with Crippen LogP contribution in [0.4, 0.5) is 25.8 Å². The van der Waals surface area contributed by atoms with E-state index in [1.807, 2.05) is 37.3 Å². The molecule has 0 bridgehead atoms.